The lowest BCUT2D eigenvalue weighted by atomic mass is 9.90. The molecule has 0 aliphatic carbocycles. The second kappa shape index (κ2) is 13.1. The number of nitrogens with zero attached hydrogens (tertiary/aromatic N) is 2. The van der Waals surface area contributed by atoms with Gasteiger partial charge >= 0.3 is 0 Å². The predicted molar refractivity (Wildman–Crippen MR) is 229 cm³/mol. The molecule has 1 unspecified atom stereocenters. The van der Waals surface area contributed by atoms with E-state index in [1.54, 1.807) is 0 Å². The SMILES string of the molecule is c1ccc(C2=NC(c3cccc(-c4ccccc4)c3)NC(c3cccc4oc5ccc(-c6c(-c7ccccc7)ccc7oc8ccccc8c67)cc5c34)=N2)cc1. The molecule has 1 aliphatic rings. The van der Waals surface area contributed by atoms with Crippen LogP contribution in [-0.4, -0.2) is 11.7 Å². The van der Waals surface area contributed by atoms with Crippen LogP contribution in [0.1, 0.15) is 22.9 Å². The zero-order chi connectivity index (χ0) is 37.0. The van der Waals surface area contributed by atoms with Crippen LogP contribution < -0.4 is 5.32 Å². The van der Waals surface area contributed by atoms with Crippen molar-refractivity contribution in [3.05, 3.63) is 205 Å². The summed E-state index contributed by atoms with van der Waals surface area (Å²) in [5.41, 5.74) is 13.0. The lowest BCUT2D eigenvalue weighted by Gasteiger charge is -2.24. The van der Waals surface area contributed by atoms with E-state index in [2.05, 4.69) is 145 Å². The summed E-state index contributed by atoms with van der Waals surface area (Å²) < 4.78 is 13.0. The summed E-state index contributed by atoms with van der Waals surface area (Å²) in [5.74, 6) is 1.41. The number of hydrogen-bond acceptors (Lipinski definition) is 5. The highest BCUT2D eigenvalue weighted by molar-refractivity contribution is 6.23. The molecule has 3 heterocycles. The minimum absolute atomic E-state index is 0.370. The van der Waals surface area contributed by atoms with Crippen molar-refractivity contribution in [3.8, 4) is 33.4 Å². The van der Waals surface area contributed by atoms with Crippen LogP contribution >= 0.6 is 0 Å². The number of rotatable bonds is 6. The Balaban J connectivity index is 1.10. The standard InChI is InChI=1S/C51H33N3O2/c1-4-14-32(15-5-1)35-20-12-21-37(30-35)50-52-49(34-18-8-3-9-19-34)53-51(54-50)40-23-13-25-44-47(40)41-31-36(26-28-43(41)56-44)46-38(33-16-6-2-7-17-33)27-29-45-48(46)39-22-10-11-24-42(39)55-45/h1-31,50H,(H,52,53,54). The molecule has 1 N–H and O–H groups in total. The molecular formula is C51H33N3O2. The number of nitrogens with one attached hydrogen (secondary N) is 1. The van der Waals surface area contributed by atoms with E-state index in [1.807, 2.05) is 48.5 Å². The van der Waals surface area contributed by atoms with Crippen LogP contribution in [0.4, 0.5) is 0 Å². The van der Waals surface area contributed by atoms with Crippen molar-refractivity contribution in [2.75, 3.05) is 0 Å². The highest BCUT2D eigenvalue weighted by Gasteiger charge is 2.25. The van der Waals surface area contributed by atoms with Gasteiger partial charge in [-0.15, -0.1) is 0 Å². The summed E-state index contributed by atoms with van der Waals surface area (Å²) in [5, 5.41) is 7.92. The second-order valence-corrected chi connectivity index (χ2v) is 14.1. The molecule has 0 spiro atoms. The van der Waals surface area contributed by atoms with E-state index in [4.69, 9.17) is 18.8 Å². The molecule has 11 rings (SSSR count). The Kier molecular flexibility index (Phi) is 7.49. The lowest BCUT2D eigenvalue weighted by molar-refractivity contribution is 0.668. The van der Waals surface area contributed by atoms with E-state index in [9.17, 15) is 0 Å². The molecule has 0 saturated carbocycles. The molecule has 0 amide bonds. The Hall–Kier alpha value is -7.50. The Morgan fingerprint density at radius 3 is 1.84 bits per heavy atom. The molecule has 0 saturated heterocycles. The number of benzene rings is 8. The van der Waals surface area contributed by atoms with Crippen molar-refractivity contribution in [1.29, 1.82) is 0 Å². The van der Waals surface area contributed by atoms with Crippen LogP contribution in [0, 0.1) is 0 Å². The Labute approximate surface area is 322 Å². The monoisotopic (exact) mass is 719 g/mol. The fourth-order valence-electron chi connectivity index (χ4n) is 8.15. The van der Waals surface area contributed by atoms with Gasteiger partial charge in [0, 0.05) is 38.2 Å². The molecule has 264 valence electrons. The van der Waals surface area contributed by atoms with E-state index < -0.39 is 0 Å². The van der Waals surface area contributed by atoms with Crippen LogP contribution in [0.2, 0.25) is 0 Å². The highest BCUT2D eigenvalue weighted by atomic mass is 16.3. The fourth-order valence-corrected chi connectivity index (χ4v) is 8.15. The minimum atomic E-state index is -0.370. The van der Waals surface area contributed by atoms with Gasteiger partial charge in [-0.2, -0.15) is 0 Å². The van der Waals surface area contributed by atoms with E-state index in [0.29, 0.717) is 5.84 Å². The third-order valence-corrected chi connectivity index (χ3v) is 10.8. The van der Waals surface area contributed by atoms with Gasteiger partial charge in [-0.1, -0.05) is 152 Å². The molecule has 0 fully saturated rings. The number of para-hydroxylation sites is 1. The summed E-state index contributed by atoms with van der Waals surface area (Å²) in [6.45, 7) is 0. The molecule has 56 heavy (non-hydrogen) atoms. The first-order chi connectivity index (χ1) is 27.7. The first-order valence-electron chi connectivity index (χ1n) is 18.8. The van der Waals surface area contributed by atoms with Gasteiger partial charge in [0.05, 0.1) is 0 Å². The molecule has 1 atom stereocenters. The van der Waals surface area contributed by atoms with Crippen LogP contribution in [0.3, 0.4) is 0 Å². The van der Waals surface area contributed by atoms with Gasteiger partial charge in [-0.3, -0.25) is 0 Å². The van der Waals surface area contributed by atoms with E-state index in [1.165, 1.54) is 0 Å². The second-order valence-electron chi connectivity index (χ2n) is 14.1. The molecule has 2 aromatic heterocycles. The van der Waals surface area contributed by atoms with Crippen molar-refractivity contribution >= 4 is 55.5 Å². The normalized spacial score (nSPS) is 14.2. The smallest absolute Gasteiger partial charge is 0.159 e. The summed E-state index contributed by atoms with van der Waals surface area (Å²) in [4.78, 5) is 10.4. The topological polar surface area (TPSA) is 63.0 Å². The third-order valence-electron chi connectivity index (χ3n) is 10.8. The number of hydrogen-bond donors (Lipinski definition) is 1. The zero-order valence-corrected chi connectivity index (χ0v) is 30.2. The maximum Gasteiger partial charge on any atom is 0.159 e. The number of furan rings is 2. The number of fused-ring (bicyclic) bond motifs is 6. The maximum absolute atomic E-state index is 6.59. The Morgan fingerprint density at radius 1 is 0.411 bits per heavy atom. The first kappa shape index (κ1) is 32.0. The predicted octanol–water partition coefficient (Wildman–Crippen LogP) is 13.0. The number of amidine groups is 2. The quantitative estimate of drug-likeness (QED) is 0.186. The molecule has 5 nitrogen and oxygen atoms in total. The van der Waals surface area contributed by atoms with Gasteiger partial charge in [-0.25, -0.2) is 9.98 Å². The Morgan fingerprint density at radius 2 is 1.04 bits per heavy atom. The highest BCUT2D eigenvalue weighted by Crippen LogP contribution is 2.44. The average Bonchev–Trinajstić information content (AvgIpc) is 3.85. The van der Waals surface area contributed by atoms with Crippen LogP contribution in [0.5, 0.6) is 0 Å². The third kappa shape index (κ3) is 5.40. The van der Waals surface area contributed by atoms with Crippen molar-refractivity contribution < 1.29 is 8.83 Å². The largest absolute Gasteiger partial charge is 0.456 e. The van der Waals surface area contributed by atoms with Gasteiger partial charge in [0.1, 0.15) is 34.3 Å². The molecule has 5 heteroatoms. The van der Waals surface area contributed by atoms with Crippen LogP contribution in [-0.2, 0) is 0 Å². The molecular weight excluding hydrogens is 687 g/mol. The molecule has 0 bridgehead atoms. The van der Waals surface area contributed by atoms with Crippen molar-refractivity contribution in [2.24, 2.45) is 9.98 Å². The van der Waals surface area contributed by atoms with Crippen molar-refractivity contribution in [2.45, 2.75) is 6.17 Å². The van der Waals surface area contributed by atoms with E-state index in [0.717, 1.165) is 99.8 Å². The average molecular weight is 720 g/mol. The van der Waals surface area contributed by atoms with E-state index in [-0.39, 0.29) is 6.17 Å². The Bertz CT molecular complexity index is 3160. The molecule has 0 radical (unpaired) electrons. The van der Waals surface area contributed by atoms with Gasteiger partial charge in [0.15, 0.2) is 5.84 Å². The van der Waals surface area contributed by atoms with Gasteiger partial charge in [0.2, 0.25) is 0 Å². The maximum atomic E-state index is 6.59. The summed E-state index contributed by atoms with van der Waals surface area (Å²) in [6.07, 6.45) is -0.370. The first-order valence-corrected chi connectivity index (χ1v) is 18.8. The summed E-state index contributed by atoms with van der Waals surface area (Å²) in [6, 6.07) is 65.1. The van der Waals surface area contributed by atoms with Gasteiger partial charge in [-0.05, 0) is 69.8 Å². The van der Waals surface area contributed by atoms with Crippen molar-refractivity contribution in [3.63, 3.8) is 0 Å². The lowest BCUT2D eigenvalue weighted by Crippen LogP contribution is -2.33. The van der Waals surface area contributed by atoms with Gasteiger partial charge < -0.3 is 14.2 Å². The summed E-state index contributed by atoms with van der Waals surface area (Å²) in [7, 11) is 0. The fraction of sp³-hybridized carbons (Fsp3) is 0.0196. The molecule has 1 aliphatic heterocycles. The summed E-state index contributed by atoms with van der Waals surface area (Å²) >= 11 is 0. The van der Waals surface area contributed by atoms with Crippen LogP contribution in [0.25, 0.3) is 77.3 Å². The van der Waals surface area contributed by atoms with E-state index >= 15 is 0 Å². The molecule has 8 aromatic carbocycles. The molecule has 10 aromatic rings. The van der Waals surface area contributed by atoms with Crippen molar-refractivity contribution in [1.82, 2.24) is 5.32 Å². The number of aliphatic imine (C=N–C) groups is 2. The minimum Gasteiger partial charge on any atom is -0.456 e. The van der Waals surface area contributed by atoms with Crippen LogP contribution in [0.15, 0.2) is 207 Å². The zero-order valence-electron chi connectivity index (χ0n) is 30.2. The van der Waals surface area contributed by atoms with Gasteiger partial charge in [0.25, 0.3) is 0 Å².